The highest BCUT2D eigenvalue weighted by atomic mass is 32.2. The summed E-state index contributed by atoms with van der Waals surface area (Å²) in [5.41, 5.74) is 0. The lowest BCUT2D eigenvalue weighted by Crippen LogP contribution is -2.49. The summed E-state index contributed by atoms with van der Waals surface area (Å²) in [6, 6.07) is 0.697. The van der Waals surface area contributed by atoms with E-state index in [4.69, 9.17) is 0 Å². The van der Waals surface area contributed by atoms with Crippen molar-refractivity contribution in [1.29, 1.82) is 0 Å². The molecule has 1 amide bonds. The van der Waals surface area contributed by atoms with Gasteiger partial charge in [-0.2, -0.15) is 17.0 Å². The molecule has 0 aromatic carbocycles. The van der Waals surface area contributed by atoms with Gasteiger partial charge in [0.15, 0.2) is 0 Å². The molecule has 2 heterocycles. The maximum atomic E-state index is 12.5. The first-order chi connectivity index (χ1) is 12.4. The molecule has 0 aromatic heterocycles. The Balaban J connectivity index is 1.74. The van der Waals surface area contributed by atoms with Crippen LogP contribution in [0.1, 0.15) is 51.9 Å². The minimum absolute atomic E-state index is 0.00524. The number of amides is 1. The molecular weight excluding hydrogens is 352 g/mol. The second-order valence-electron chi connectivity index (χ2n) is 7.73. The second-order valence-corrected chi connectivity index (χ2v) is 9.87. The molecule has 2 rings (SSSR count). The highest BCUT2D eigenvalue weighted by Gasteiger charge is 2.33. The van der Waals surface area contributed by atoms with Crippen LogP contribution >= 0.6 is 0 Å². The predicted molar refractivity (Wildman–Crippen MR) is 104 cm³/mol. The van der Waals surface area contributed by atoms with Gasteiger partial charge in [-0.15, -0.1) is 0 Å². The number of nitrogens with zero attached hydrogens (tertiary/aromatic N) is 3. The van der Waals surface area contributed by atoms with Crippen molar-refractivity contribution >= 4 is 16.1 Å². The van der Waals surface area contributed by atoms with Crippen molar-refractivity contribution < 1.29 is 13.2 Å². The molecule has 2 saturated heterocycles. The van der Waals surface area contributed by atoms with Crippen molar-refractivity contribution in [2.45, 2.75) is 57.9 Å². The highest BCUT2D eigenvalue weighted by Crippen LogP contribution is 2.21. The third-order valence-electron chi connectivity index (χ3n) is 5.68. The molecule has 0 bridgehead atoms. The van der Waals surface area contributed by atoms with Crippen LogP contribution in [0.25, 0.3) is 0 Å². The van der Waals surface area contributed by atoms with Gasteiger partial charge in [0.1, 0.15) is 0 Å². The third-order valence-corrected chi connectivity index (χ3v) is 7.59. The molecule has 0 spiro atoms. The van der Waals surface area contributed by atoms with Gasteiger partial charge in [-0.25, -0.2) is 0 Å². The zero-order valence-corrected chi connectivity index (χ0v) is 17.4. The lowest BCUT2D eigenvalue weighted by Gasteiger charge is -2.35. The fourth-order valence-electron chi connectivity index (χ4n) is 4.05. The molecule has 152 valence electrons. The van der Waals surface area contributed by atoms with Gasteiger partial charge in [0.25, 0.3) is 10.2 Å². The summed E-state index contributed by atoms with van der Waals surface area (Å²) in [6.07, 6.45) is 7.55. The first-order valence-electron chi connectivity index (χ1n) is 10.1. The summed E-state index contributed by atoms with van der Waals surface area (Å²) < 4.78 is 27.2. The first-order valence-corrected chi connectivity index (χ1v) is 11.4. The number of piperidine rings is 2. The summed E-state index contributed by atoms with van der Waals surface area (Å²) in [5, 5.41) is 3.03. The Bertz CT molecular complexity index is 553. The Hall–Kier alpha value is -0.700. The van der Waals surface area contributed by atoms with Crippen LogP contribution in [0, 0.1) is 5.92 Å². The fraction of sp³-hybridized carbons (Fsp3) is 0.944. The standard InChI is InChI=1S/C18H36N4O3S/c1-4-17-10-5-6-12-21(17)13-8-11-19-18(23)16-9-7-14-22(15-16)26(24,25)20(2)3/h16-17H,4-15H2,1-3H3,(H,19,23)/t16-,17+/m1/s1. The number of carbonyl (C=O) groups is 1. The minimum atomic E-state index is -3.44. The molecule has 8 heteroatoms. The van der Waals surface area contributed by atoms with E-state index in [0.717, 1.165) is 25.8 Å². The Morgan fingerprint density at radius 1 is 1.15 bits per heavy atom. The first kappa shape index (κ1) is 21.6. The molecule has 2 fully saturated rings. The molecule has 0 radical (unpaired) electrons. The molecule has 26 heavy (non-hydrogen) atoms. The molecule has 0 saturated carbocycles. The van der Waals surface area contributed by atoms with Crippen molar-refractivity contribution in [3.63, 3.8) is 0 Å². The number of hydrogen-bond acceptors (Lipinski definition) is 4. The second kappa shape index (κ2) is 10.0. The van der Waals surface area contributed by atoms with Gasteiger partial charge in [-0.05, 0) is 45.1 Å². The normalized spacial score (nSPS) is 26.2. The lowest BCUT2D eigenvalue weighted by atomic mass is 9.98. The smallest absolute Gasteiger partial charge is 0.281 e. The Kier molecular flexibility index (Phi) is 8.32. The van der Waals surface area contributed by atoms with Gasteiger partial charge < -0.3 is 10.2 Å². The molecule has 2 atom stereocenters. The summed E-state index contributed by atoms with van der Waals surface area (Å²) in [6.45, 7) is 5.91. The topological polar surface area (TPSA) is 73.0 Å². The summed E-state index contributed by atoms with van der Waals surface area (Å²) in [7, 11) is -0.373. The monoisotopic (exact) mass is 388 g/mol. The van der Waals surface area contributed by atoms with E-state index in [1.807, 2.05) is 0 Å². The van der Waals surface area contributed by atoms with Gasteiger partial charge in [0.2, 0.25) is 5.91 Å². The van der Waals surface area contributed by atoms with E-state index >= 15 is 0 Å². The van der Waals surface area contributed by atoms with E-state index in [2.05, 4.69) is 17.1 Å². The highest BCUT2D eigenvalue weighted by molar-refractivity contribution is 7.86. The van der Waals surface area contributed by atoms with Gasteiger partial charge in [-0.1, -0.05) is 13.3 Å². The Morgan fingerprint density at radius 2 is 1.92 bits per heavy atom. The van der Waals surface area contributed by atoms with Gasteiger partial charge in [0.05, 0.1) is 5.92 Å². The van der Waals surface area contributed by atoms with Crippen molar-refractivity contribution in [2.24, 2.45) is 5.92 Å². The summed E-state index contributed by atoms with van der Waals surface area (Å²) >= 11 is 0. The molecule has 7 nitrogen and oxygen atoms in total. The van der Waals surface area contributed by atoms with Crippen LogP contribution < -0.4 is 5.32 Å². The molecule has 0 unspecified atom stereocenters. The average Bonchev–Trinajstić information content (AvgIpc) is 2.65. The SMILES string of the molecule is CC[C@H]1CCCCN1CCCNC(=O)[C@@H]1CCCN(S(=O)(=O)N(C)C)C1. The van der Waals surface area contributed by atoms with E-state index in [9.17, 15) is 13.2 Å². The zero-order chi connectivity index (χ0) is 19.2. The van der Waals surface area contributed by atoms with Crippen molar-refractivity contribution in [3.8, 4) is 0 Å². The van der Waals surface area contributed by atoms with Gasteiger partial charge in [-0.3, -0.25) is 4.79 Å². The Morgan fingerprint density at radius 3 is 2.62 bits per heavy atom. The maximum absolute atomic E-state index is 12.5. The fourth-order valence-corrected chi connectivity index (χ4v) is 5.24. The summed E-state index contributed by atoms with van der Waals surface area (Å²) in [4.78, 5) is 15.0. The van der Waals surface area contributed by atoms with Crippen LogP contribution in [0.2, 0.25) is 0 Å². The van der Waals surface area contributed by atoms with E-state index < -0.39 is 10.2 Å². The van der Waals surface area contributed by atoms with Crippen molar-refractivity contribution in [3.05, 3.63) is 0 Å². The van der Waals surface area contributed by atoms with E-state index in [1.165, 1.54) is 54.9 Å². The number of hydrogen-bond donors (Lipinski definition) is 1. The Labute approximate surface area is 159 Å². The van der Waals surface area contributed by atoms with E-state index in [-0.39, 0.29) is 18.4 Å². The third kappa shape index (κ3) is 5.65. The number of likely N-dealkylation sites (tertiary alicyclic amines) is 1. The maximum Gasteiger partial charge on any atom is 0.281 e. The van der Waals surface area contributed by atoms with Crippen LogP contribution in [0.15, 0.2) is 0 Å². The summed E-state index contributed by atoms with van der Waals surface area (Å²) in [5.74, 6) is -0.244. The molecule has 2 aliphatic heterocycles. The zero-order valence-electron chi connectivity index (χ0n) is 16.6. The molecule has 0 aromatic rings. The van der Waals surface area contributed by atoms with E-state index in [1.54, 1.807) is 0 Å². The minimum Gasteiger partial charge on any atom is -0.356 e. The molecule has 0 aliphatic carbocycles. The largest absolute Gasteiger partial charge is 0.356 e. The molecule has 2 aliphatic rings. The quantitative estimate of drug-likeness (QED) is 0.636. The van der Waals surface area contributed by atoms with Gasteiger partial charge >= 0.3 is 0 Å². The van der Waals surface area contributed by atoms with Crippen molar-refractivity contribution in [1.82, 2.24) is 18.8 Å². The number of rotatable bonds is 8. The van der Waals surface area contributed by atoms with Crippen molar-refractivity contribution in [2.75, 3.05) is 46.8 Å². The lowest BCUT2D eigenvalue weighted by molar-refractivity contribution is -0.126. The molecular formula is C18H36N4O3S. The number of carbonyl (C=O) groups excluding carboxylic acids is 1. The van der Waals surface area contributed by atoms with Crippen LogP contribution in [0.5, 0.6) is 0 Å². The van der Waals surface area contributed by atoms with Gasteiger partial charge in [0, 0.05) is 46.3 Å². The average molecular weight is 389 g/mol. The number of nitrogens with one attached hydrogen (secondary N) is 1. The molecule has 1 N–H and O–H groups in total. The van der Waals surface area contributed by atoms with Crippen LogP contribution in [0.3, 0.4) is 0 Å². The van der Waals surface area contributed by atoms with Crippen LogP contribution in [0.4, 0.5) is 0 Å². The predicted octanol–water partition coefficient (Wildman–Crippen LogP) is 1.28. The van der Waals surface area contributed by atoms with E-state index in [0.29, 0.717) is 19.1 Å². The van der Waals surface area contributed by atoms with Crippen LogP contribution in [-0.4, -0.2) is 80.7 Å². The van der Waals surface area contributed by atoms with Crippen LogP contribution in [-0.2, 0) is 15.0 Å².